The minimum Gasteiger partial charge on any atom is -0.381 e. The highest BCUT2D eigenvalue weighted by atomic mass is 127. The first kappa shape index (κ1) is 25.9. The van der Waals surface area contributed by atoms with Gasteiger partial charge >= 0.3 is 6.18 Å². The van der Waals surface area contributed by atoms with Crippen LogP contribution in [-0.4, -0.2) is 51.3 Å². The second kappa shape index (κ2) is 11.5. The molecule has 4 nitrogen and oxygen atoms in total. The third kappa shape index (κ3) is 6.82. The molecule has 1 saturated heterocycles. The number of thiophene rings is 1. The topological polar surface area (TPSA) is 36.9 Å². The van der Waals surface area contributed by atoms with E-state index in [1.165, 1.54) is 17.0 Å². The molecule has 31 heavy (non-hydrogen) atoms. The van der Waals surface area contributed by atoms with Crippen LogP contribution in [0.3, 0.4) is 0 Å². The fourth-order valence-electron chi connectivity index (χ4n) is 3.83. The Labute approximate surface area is 202 Å². The number of guanidine groups is 1. The highest BCUT2D eigenvalue weighted by molar-refractivity contribution is 14.0. The standard InChI is InChI=1S/C22H28F3N3OS.HI/c1-26-20(28(2)11-8-19-7-4-14-30-19)27-16-21(9-12-29-13-10-21)17-5-3-6-18(15-17)22(23,24)25;/h3-7,14-15H,8-13,16H2,1-2H3,(H,26,27);1H. The number of nitrogens with zero attached hydrogens (tertiary/aromatic N) is 2. The number of halogens is 4. The van der Waals surface area contributed by atoms with Gasteiger partial charge in [0, 0.05) is 50.7 Å². The molecule has 1 fully saturated rings. The van der Waals surface area contributed by atoms with Gasteiger partial charge in [0.15, 0.2) is 5.96 Å². The normalized spacial score (nSPS) is 16.5. The summed E-state index contributed by atoms with van der Waals surface area (Å²) in [5.41, 5.74) is -0.336. The highest BCUT2D eigenvalue weighted by Crippen LogP contribution is 2.37. The lowest BCUT2D eigenvalue weighted by atomic mass is 9.73. The Balaban J connectivity index is 0.00000341. The molecule has 0 saturated carbocycles. The van der Waals surface area contributed by atoms with Crippen molar-refractivity contribution in [2.45, 2.75) is 30.9 Å². The van der Waals surface area contributed by atoms with Crippen molar-refractivity contribution in [3.8, 4) is 0 Å². The Kier molecular flexibility index (Phi) is 9.63. The first-order chi connectivity index (χ1) is 14.3. The van der Waals surface area contributed by atoms with E-state index in [9.17, 15) is 13.2 Å². The van der Waals surface area contributed by atoms with Gasteiger partial charge in [-0.15, -0.1) is 35.3 Å². The van der Waals surface area contributed by atoms with Crippen molar-refractivity contribution in [3.05, 3.63) is 57.8 Å². The molecule has 0 aliphatic carbocycles. The lowest BCUT2D eigenvalue weighted by molar-refractivity contribution is -0.137. The number of likely N-dealkylation sites (N-methyl/N-ethyl adjacent to an activating group) is 1. The van der Waals surface area contributed by atoms with Gasteiger partial charge in [-0.2, -0.15) is 13.2 Å². The van der Waals surface area contributed by atoms with Crippen LogP contribution >= 0.6 is 35.3 Å². The molecule has 1 aliphatic rings. The predicted molar refractivity (Wildman–Crippen MR) is 131 cm³/mol. The molecule has 1 aliphatic heterocycles. The molecule has 0 bridgehead atoms. The largest absolute Gasteiger partial charge is 0.416 e. The van der Waals surface area contributed by atoms with Gasteiger partial charge < -0.3 is 15.0 Å². The Morgan fingerprint density at radius 1 is 1.23 bits per heavy atom. The molecular formula is C22H29F3IN3OS. The fourth-order valence-corrected chi connectivity index (χ4v) is 4.52. The van der Waals surface area contributed by atoms with E-state index in [1.807, 2.05) is 13.1 Å². The van der Waals surface area contributed by atoms with E-state index in [2.05, 4.69) is 26.7 Å². The van der Waals surface area contributed by atoms with Gasteiger partial charge in [0.1, 0.15) is 0 Å². The zero-order valence-corrected chi connectivity index (χ0v) is 20.9. The van der Waals surface area contributed by atoms with Crippen LogP contribution in [0, 0.1) is 0 Å². The number of alkyl halides is 3. The summed E-state index contributed by atoms with van der Waals surface area (Å²) in [5.74, 6) is 0.740. The molecule has 2 heterocycles. The molecule has 0 unspecified atom stereocenters. The molecule has 172 valence electrons. The molecule has 0 amide bonds. The summed E-state index contributed by atoms with van der Waals surface area (Å²) in [5, 5.41) is 5.47. The van der Waals surface area contributed by atoms with Crippen molar-refractivity contribution < 1.29 is 17.9 Å². The lowest BCUT2D eigenvalue weighted by Crippen LogP contribution is -2.48. The Bertz CT molecular complexity index is 837. The number of hydrogen-bond acceptors (Lipinski definition) is 3. The van der Waals surface area contributed by atoms with Crippen LogP contribution in [-0.2, 0) is 22.7 Å². The van der Waals surface area contributed by atoms with Gasteiger partial charge in [0.05, 0.1) is 5.56 Å². The van der Waals surface area contributed by atoms with Crippen molar-refractivity contribution in [2.75, 3.05) is 40.4 Å². The summed E-state index contributed by atoms with van der Waals surface area (Å²) in [6.45, 7) is 2.38. The number of hydrogen-bond donors (Lipinski definition) is 1. The maximum atomic E-state index is 13.3. The number of rotatable bonds is 6. The third-order valence-electron chi connectivity index (χ3n) is 5.68. The summed E-state index contributed by atoms with van der Waals surface area (Å²) >= 11 is 1.73. The minimum absolute atomic E-state index is 0. The van der Waals surface area contributed by atoms with Crippen molar-refractivity contribution in [1.82, 2.24) is 10.2 Å². The van der Waals surface area contributed by atoms with E-state index >= 15 is 0 Å². The predicted octanol–water partition coefficient (Wildman–Crippen LogP) is 5.18. The van der Waals surface area contributed by atoms with E-state index in [-0.39, 0.29) is 24.0 Å². The zero-order valence-electron chi connectivity index (χ0n) is 17.7. The summed E-state index contributed by atoms with van der Waals surface area (Å²) < 4.78 is 45.3. The monoisotopic (exact) mass is 567 g/mol. The maximum Gasteiger partial charge on any atom is 0.416 e. The van der Waals surface area contributed by atoms with Crippen LogP contribution in [0.5, 0.6) is 0 Å². The molecule has 0 radical (unpaired) electrons. The maximum absolute atomic E-state index is 13.3. The van der Waals surface area contributed by atoms with Crippen LogP contribution in [0.4, 0.5) is 13.2 Å². The van der Waals surface area contributed by atoms with Crippen LogP contribution in [0.1, 0.15) is 28.8 Å². The summed E-state index contributed by atoms with van der Waals surface area (Å²) in [6, 6.07) is 9.86. The van der Waals surface area contributed by atoms with Crippen molar-refractivity contribution in [1.29, 1.82) is 0 Å². The minimum atomic E-state index is -4.35. The number of aliphatic imine (C=N–C) groups is 1. The van der Waals surface area contributed by atoms with Crippen molar-refractivity contribution in [3.63, 3.8) is 0 Å². The number of ether oxygens (including phenoxy) is 1. The van der Waals surface area contributed by atoms with Gasteiger partial charge in [-0.25, -0.2) is 0 Å². The first-order valence-corrected chi connectivity index (χ1v) is 10.9. The zero-order chi connectivity index (χ0) is 21.6. The Morgan fingerprint density at radius 2 is 1.97 bits per heavy atom. The van der Waals surface area contributed by atoms with Crippen molar-refractivity contribution >= 4 is 41.3 Å². The second-order valence-corrected chi connectivity index (χ2v) is 8.66. The van der Waals surface area contributed by atoms with Crippen molar-refractivity contribution in [2.24, 2.45) is 4.99 Å². The summed E-state index contributed by atoms with van der Waals surface area (Å²) in [7, 11) is 3.70. The lowest BCUT2D eigenvalue weighted by Gasteiger charge is -2.39. The average Bonchev–Trinajstić information content (AvgIpc) is 3.26. The average molecular weight is 567 g/mol. The van der Waals surface area contributed by atoms with E-state index in [4.69, 9.17) is 4.74 Å². The molecule has 1 aromatic carbocycles. The molecular weight excluding hydrogens is 538 g/mol. The highest BCUT2D eigenvalue weighted by Gasteiger charge is 2.37. The summed E-state index contributed by atoms with van der Waals surface area (Å²) in [6.07, 6.45) is -2.11. The summed E-state index contributed by atoms with van der Waals surface area (Å²) in [4.78, 5) is 7.74. The van der Waals surface area contributed by atoms with E-state index in [0.29, 0.717) is 38.2 Å². The molecule has 0 spiro atoms. The second-order valence-electron chi connectivity index (χ2n) is 7.62. The van der Waals surface area contributed by atoms with Crippen LogP contribution < -0.4 is 5.32 Å². The van der Waals surface area contributed by atoms with Crippen LogP contribution in [0.2, 0.25) is 0 Å². The van der Waals surface area contributed by atoms with Gasteiger partial charge in [0.25, 0.3) is 0 Å². The van der Waals surface area contributed by atoms with E-state index < -0.39 is 17.2 Å². The SMILES string of the molecule is CN=C(NCC1(c2cccc(C(F)(F)F)c2)CCOCC1)N(C)CCc1cccs1.I. The smallest absolute Gasteiger partial charge is 0.381 e. The fraction of sp³-hybridized carbons (Fsp3) is 0.500. The van der Waals surface area contributed by atoms with Crippen LogP contribution in [0.25, 0.3) is 0 Å². The molecule has 2 aromatic rings. The van der Waals surface area contributed by atoms with E-state index in [0.717, 1.165) is 25.0 Å². The quantitative estimate of drug-likeness (QED) is 0.297. The van der Waals surface area contributed by atoms with Gasteiger partial charge in [-0.1, -0.05) is 24.3 Å². The number of nitrogens with one attached hydrogen (secondary N) is 1. The molecule has 1 aromatic heterocycles. The molecule has 3 rings (SSSR count). The molecule has 9 heteroatoms. The van der Waals surface area contributed by atoms with Gasteiger partial charge in [-0.05, 0) is 42.3 Å². The molecule has 1 N–H and O–H groups in total. The number of benzene rings is 1. The van der Waals surface area contributed by atoms with Gasteiger partial charge in [0.2, 0.25) is 0 Å². The molecule has 0 atom stereocenters. The Hall–Kier alpha value is -1.33. The first-order valence-electron chi connectivity index (χ1n) is 10.0. The van der Waals surface area contributed by atoms with E-state index in [1.54, 1.807) is 24.5 Å². The third-order valence-corrected chi connectivity index (χ3v) is 6.62. The Morgan fingerprint density at radius 3 is 2.58 bits per heavy atom. The van der Waals surface area contributed by atoms with Gasteiger partial charge in [-0.3, -0.25) is 4.99 Å². The van der Waals surface area contributed by atoms with Crippen LogP contribution in [0.15, 0.2) is 46.8 Å².